The van der Waals surface area contributed by atoms with Crippen LogP contribution in [0, 0.1) is 18.8 Å². The molecular formula is C22H30ClNO. The van der Waals surface area contributed by atoms with Crippen LogP contribution in [0.1, 0.15) is 51.2 Å². The zero-order chi connectivity index (χ0) is 19.0. The summed E-state index contributed by atoms with van der Waals surface area (Å²) >= 11 is 5.64. The van der Waals surface area contributed by atoms with Crippen LogP contribution in [0.3, 0.4) is 0 Å². The second kappa shape index (κ2) is 10.2. The molecule has 0 heterocycles. The van der Waals surface area contributed by atoms with Crippen LogP contribution in [-0.4, -0.2) is 5.78 Å². The summed E-state index contributed by atoms with van der Waals surface area (Å²) in [5, 5.41) is 0.810. The number of carbonyl (C=O) groups excluding carboxylic acids is 1. The van der Waals surface area contributed by atoms with Crippen LogP contribution in [0.2, 0.25) is 5.02 Å². The van der Waals surface area contributed by atoms with E-state index in [0.29, 0.717) is 11.8 Å². The Labute approximate surface area is 157 Å². The maximum absolute atomic E-state index is 11.8. The normalized spacial score (nSPS) is 12.9. The van der Waals surface area contributed by atoms with Gasteiger partial charge in [0, 0.05) is 16.6 Å². The molecule has 2 atom stereocenters. The van der Waals surface area contributed by atoms with Gasteiger partial charge in [-0.25, -0.2) is 0 Å². The summed E-state index contributed by atoms with van der Waals surface area (Å²) in [5.74, 6) is 1.05. The third-order valence-electron chi connectivity index (χ3n) is 4.41. The van der Waals surface area contributed by atoms with Crippen molar-refractivity contribution in [3.63, 3.8) is 0 Å². The maximum atomic E-state index is 11.8. The molecule has 0 saturated heterocycles. The highest BCUT2D eigenvalue weighted by Crippen LogP contribution is 2.34. The molecule has 2 unspecified atom stereocenters. The van der Waals surface area contributed by atoms with Gasteiger partial charge in [-0.15, -0.1) is 0 Å². The van der Waals surface area contributed by atoms with E-state index in [1.807, 2.05) is 55.5 Å². The number of ketones is 1. The number of nitrogen functional groups attached to an aromatic ring is 1. The predicted molar refractivity (Wildman–Crippen MR) is 109 cm³/mol. The van der Waals surface area contributed by atoms with E-state index < -0.39 is 0 Å². The highest BCUT2D eigenvalue weighted by Gasteiger charge is 2.28. The Morgan fingerprint density at radius 1 is 1.12 bits per heavy atom. The molecule has 0 aliphatic rings. The highest BCUT2D eigenvalue weighted by atomic mass is 35.5. The molecule has 0 radical (unpaired) electrons. The second-order valence-electron chi connectivity index (χ2n) is 6.86. The number of anilines is 1. The van der Waals surface area contributed by atoms with Gasteiger partial charge in [-0.2, -0.15) is 0 Å². The molecule has 0 bridgehead atoms. The molecule has 0 aromatic heterocycles. The molecule has 3 heteroatoms. The van der Waals surface area contributed by atoms with Gasteiger partial charge in [0.15, 0.2) is 0 Å². The molecule has 136 valence electrons. The zero-order valence-corrected chi connectivity index (χ0v) is 16.7. The average Bonchev–Trinajstić information content (AvgIpc) is 2.53. The number of aryl methyl sites for hydroxylation is 1. The number of nitrogens with two attached hydrogens (primary N) is 1. The molecule has 0 fully saturated rings. The van der Waals surface area contributed by atoms with Gasteiger partial charge in [-0.1, -0.05) is 56.6 Å². The van der Waals surface area contributed by atoms with E-state index in [9.17, 15) is 4.79 Å². The van der Waals surface area contributed by atoms with Gasteiger partial charge < -0.3 is 5.73 Å². The molecule has 0 aliphatic heterocycles. The average molecular weight is 360 g/mol. The van der Waals surface area contributed by atoms with Crippen molar-refractivity contribution in [1.82, 2.24) is 0 Å². The van der Waals surface area contributed by atoms with Crippen LogP contribution in [0.25, 0.3) is 0 Å². The Hall–Kier alpha value is -1.80. The minimum Gasteiger partial charge on any atom is -0.399 e. The van der Waals surface area contributed by atoms with Crippen molar-refractivity contribution in [2.24, 2.45) is 11.8 Å². The van der Waals surface area contributed by atoms with Crippen molar-refractivity contribution in [2.45, 2.75) is 47.0 Å². The lowest BCUT2D eigenvalue weighted by molar-refractivity contribution is -0.122. The predicted octanol–water partition coefficient (Wildman–Crippen LogP) is 6.27. The standard InChI is InChI=1S/C15H23NO.C7H7Cl/c1-5-14(15(10(2)3)11(4)17)12-6-8-13(16)9-7-12;1-6-3-2-4-7(8)5-6/h6-10,14-15H,5,16H2,1-4H3;2-5H,1H3. The van der Waals surface area contributed by atoms with E-state index in [0.717, 1.165) is 17.1 Å². The van der Waals surface area contributed by atoms with Crippen LogP contribution in [0.15, 0.2) is 48.5 Å². The monoisotopic (exact) mass is 359 g/mol. The number of carbonyl (C=O) groups is 1. The van der Waals surface area contributed by atoms with Crippen molar-refractivity contribution in [1.29, 1.82) is 0 Å². The SMILES string of the molecule is CCC(c1ccc(N)cc1)C(C(C)=O)C(C)C.Cc1cccc(Cl)c1. The molecule has 2 aromatic rings. The Morgan fingerprint density at radius 3 is 2.08 bits per heavy atom. The first-order chi connectivity index (χ1) is 11.8. The van der Waals surface area contributed by atoms with Crippen LogP contribution in [0.4, 0.5) is 5.69 Å². The van der Waals surface area contributed by atoms with Crippen molar-refractivity contribution in [2.75, 3.05) is 5.73 Å². The maximum Gasteiger partial charge on any atom is 0.133 e. The van der Waals surface area contributed by atoms with Crippen molar-refractivity contribution >= 4 is 23.1 Å². The lowest BCUT2D eigenvalue weighted by Gasteiger charge is -2.27. The Bertz CT molecular complexity index is 647. The molecule has 2 rings (SSSR count). The lowest BCUT2D eigenvalue weighted by atomic mass is 9.76. The fourth-order valence-corrected chi connectivity index (χ4v) is 3.51. The first-order valence-electron chi connectivity index (χ1n) is 8.84. The summed E-state index contributed by atoms with van der Waals surface area (Å²) in [6, 6.07) is 15.7. The van der Waals surface area contributed by atoms with Crippen LogP contribution in [-0.2, 0) is 4.79 Å². The fraction of sp³-hybridized carbons (Fsp3) is 0.409. The fourth-order valence-electron chi connectivity index (χ4n) is 3.26. The number of hydrogen-bond acceptors (Lipinski definition) is 2. The molecule has 0 spiro atoms. The van der Waals surface area contributed by atoms with Gasteiger partial charge in [0.1, 0.15) is 5.78 Å². The molecule has 0 aliphatic carbocycles. The van der Waals surface area contributed by atoms with E-state index >= 15 is 0 Å². The first kappa shape index (κ1) is 21.2. The third kappa shape index (κ3) is 6.91. The molecule has 2 nitrogen and oxygen atoms in total. The van der Waals surface area contributed by atoms with Gasteiger partial charge in [0.05, 0.1) is 0 Å². The summed E-state index contributed by atoms with van der Waals surface area (Å²) < 4.78 is 0. The smallest absolute Gasteiger partial charge is 0.133 e. The number of rotatable bonds is 5. The summed E-state index contributed by atoms with van der Waals surface area (Å²) in [6.07, 6.45) is 0.979. The van der Waals surface area contributed by atoms with Crippen molar-refractivity contribution < 1.29 is 4.79 Å². The van der Waals surface area contributed by atoms with Gasteiger partial charge in [0.2, 0.25) is 0 Å². The third-order valence-corrected chi connectivity index (χ3v) is 4.64. The van der Waals surface area contributed by atoms with E-state index in [-0.39, 0.29) is 11.7 Å². The van der Waals surface area contributed by atoms with Crippen molar-refractivity contribution in [3.8, 4) is 0 Å². The second-order valence-corrected chi connectivity index (χ2v) is 7.30. The lowest BCUT2D eigenvalue weighted by Crippen LogP contribution is -2.25. The Balaban J connectivity index is 0.000000324. The van der Waals surface area contributed by atoms with Gasteiger partial charge in [-0.3, -0.25) is 4.79 Å². The van der Waals surface area contributed by atoms with Crippen molar-refractivity contribution in [3.05, 3.63) is 64.7 Å². The van der Waals surface area contributed by atoms with Gasteiger partial charge in [0.25, 0.3) is 0 Å². The Morgan fingerprint density at radius 2 is 1.72 bits per heavy atom. The number of Topliss-reactive ketones (excluding diaryl/α,β-unsaturated/α-hetero) is 1. The minimum atomic E-state index is 0.101. The number of halogens is 1. The van der Waals surface area contributed by atoms with Crippen LogP contribution < -0.4 is 5.73 Å². The molecular weight excluding hydrogens is 330 g/mol. The van der Waals surface area contributed by atoms with Gasteiger partial charge >= 0.3 is 0 Å². The number of hydrogen-bond donors (Lipinski definition) is 1. The summed E-state index contributed by atoms with van der Waals surface area (Å²) in [5.41, 5.74) is 8.89. The topological polar surface area (TPSA) is 43.1 Å². The van der Waals surface area contributed by atoms with Crippen LogP contribution in [0.5, 0.6) is 0 Å². The molecule has 2 aromatic carbocycles. The molecule has 2 N–H and O–H groups in total. The quantitative estimate of drug-likeness (QED) is 0.639. The Kier molecular flexibility index (Phi) is 8.71. The zero-order valence-electron chi connectivity index (χ0n) is 15.9. The number of benzene rings is 2. The summed E-state index contributed by atoms with van der Waals surface area (Å²) in [6.45, 7) is 10.1. The largest absolute Gasteiger partial charge is 0.399 e. The molecule has 0 saturated carbocycles. The molecule has 0 amide bonds. The summed E-state index contributed by atoms with van der Waals surface area (Å²) in [4.78, 5) is 11.8. The van der Waals surface area contributed by atoms with E-state index in [2.05, 4.69) is 20.8 Å². The highest BCUT2D eigenvalue weighted by molar-refractivity contribution is 6.30. The van der Waals surface area contributed by atoms with E-state index in [1.165, 1.54) is 11.1 Å². The van der Waals surface area contributed by atoms with Crippen LogP contribution >= 0.6 is 11.6 Å². The summed E-state index contributed by atoms with van der Waals surface area (Å²) in [7, 11) is 0. The minimum absolute atomic E-state index is 0.101. The van der Waals surface area contributed by atoms with Gasteiger partial charge in [-0.05, 0) is 67.5 Å². The van der Waals surface area contributed by atoms with E-state index in [1.54, 1.807) is 6.92 Å². The molecule has 25 heavy (non-hydrogen) atoms. The first-order valence-corrected chi connectivity index (χ1v) is 9.22. The van der Waals surface area contributed by atoms with E-state index in [4.69, 9.17) is 17.3 Å².